The number of halogens is 2. The van der Waals surface area contributed by atoms with Crippen molar-refractivity contribution in [2.24, 2.45) is 5.10 Å². The van der Waals surface area contributed by atoms with E-state index in [9.17, 15) is 9.18 Å². The summed E-state index contributed by atoms with van der Waals surface area (Å²) in [6.45, 7) is 4.05. The maximum absolute atomic E-state index is 13.2. The number of carbonyl (C=O) groups excluding carboxylic acids is 1. The predicted octanol–water partition coefficient (Wildman–Crippen LogP) is 6.31. The number of amides is 1. The van der Waals surface area contributed by atoms with Crippen LogP contribution in [0.5, 0.6) is 11.5 Å². The topological polar surface area (TPSA) is 73.1 Å². The number of nitrogens with zero attached hydrogens (tertiary/aromatic N) is 1. The molecule has 0 aliphatic heterocycles. The highest BCUT2D eigenvalue weighted by Gasteiger charge is 2.14. The predicted molar refractivity (Wildman–Crippen MR) is 134 cm³/mol. The molecule has 0 aliphatic rings. The lowest BCUT2D eigenvalue weighted by atomic mass is 10.1. The van der Waals surface area contributed by atoms with Crippen molar-refractivity contribution in [2.75, 3.05) is 7.11 Å². The number of hydrogen-bond acceptors (Lipinski definition) is 5. The van der Waals surface area contributed by atoms with Crippen LogP contribution < -0.4 is 14.9 Å². The highest BCUT2D eigenvalue weighted by atomic mass is 35.5. The molecule has 0 saturated heterocycles. The lowest BCUT2D eigenvalue weighted by molar-refractivity contribution is 0.0929. The zero-order valence-electron chi connectivity index (χ0n) is 18.9. The highest BCUT2D eigenvalue weighted by Crippen LogP contribution is 2.34. The molecule has 0 saturated carbocycles. The van der Waals surface area contributed by atoms with Crippen molar-refractivity contribution in [1.29, 1.82) is 0 Å². The Morgan fingerprint density at radius 3 is 2.71 bits per heavy atom. The van der Waals surface area contributed by atoms with Gasteiger partial charge >= 0.3 is 5.91 Å². The minimum Gasteiger partial charge on any atom is -0.493 e. The van der Waals surface area contributed by atoms with Crippen molar-refractivity contribution in [3.05, 3.63) is 107 Å². The van der Waals surface area contributed by atoms with Crippen LogP contribution in [0.4, 0.5) is 4.39 Å². The second kappa shape index (κ2) is 10.9. The van der Waals surface area contributed by atoms with Gasteiger partial charge in [-0.05, 0) is 66.1 Å². The number of hydrogen-bond donors (Lipinski definition) is 1. The average Bonchev–Trinajstić information content (AvgIpc) is 3.27. The highest BCUT2D eigenvalue weighted by molar-refractivity contribution is 6.31. The molecule has 6 nitrogen and oxygen atoms in total. The number of benzene rings is 3. The Bertz CT molecular complexity index is 1400. The van der Waals surface area contributed by atoms with Crippen molar-refractivity contribution < 1.29 is 23.1 Å². The van der Waals surface area contributed by atoms with Gasteiger partial charge in [-0.1, -0.05) is 29.8 Å². The lowest BCUT2D eigenvalue weighted by Crippen LogP contribution is -2.16. The molecule has 178 valence electrons. The Kier molecular flexibility index (Phi) is 7.48. The normalized spacial score (nSPS) is 11.1. The zero-order valence-corrected chi connectivity index (χ0v) is 19.6. The molecule has 0 atom stereocenters. The third-order valence-electron chi connectivity index (χ3n) is 5.12. The minimum absolute atomic E-state index is 0.119. The van der Waals surface area contributed by atoms with E-state index in [1.165, 1.54) is 25.5 Å². The lowest BCUT2D eigenvalue weighted by Gasteiger charge is -2.16. The van der Waals surface area contributed by atoms with Gasteiger partial charge in [-0.2, -0.15) is 5.10 Å². The number of ether oxygens (including phenoxy) is 2. The van der Waals surface area contributed by atoms with Gasteiger partial charge in [0.15, 0.2) is 17.3 Å². The van der Waals surface area contributed by atoms with Crippen LogP contribution in [0.15, 0.2) is 82.8 Å². The molecule has 1 N–H and O–H groups in total. The van der Waals surface area contributed by atoms with Gasteiger partial charge in [0, 0.05) is 16.0 Å². The summed E-state index contributed by atoms with van der Waals surface area (Å²) in [6, 6.07) is 16.4. The number of hydrazone groups is 1. The van der Waals surface area contributed by atoms with Crippen molar-refractivity contribution in [3.63, 3.8) is 0 Å². The van der Waals surface area contributed by atoms with Gasteiger partial charge < -0.3 is 13.9 Å². The zero-order chi connectivity index (χ0) is 24.8. The van der Waals surface area contributed by atoms with Gasteiger partial charge in [-0.25, -0.2) is 9.82 Å². The van der Waals surface area contributed by atoms with Crippen molar-refractivity contribution >= 4 is 34.7 Å². The number of methoxy groups -OCH3 is 1. The number of fused-ring (bicyclic) bond motifs is 1. The smallest absolute Gasteiger partial charge is 0.307 e. The summed E-state index contributed by atoms with van der Waals surface area (Å²) in [5.41, 5.74) is 5.34. The van der Waals surface area contributed by atoms with E-state index in [2.05, 4.69) is 17.1 Å². The first-order valence-corrected chi connectivity index (χ1v) is 11.1. The quantitative estimate of drug-likeness (QED) is 0.169. The minimum atomic E-state index is -0.494. The van der Waals surface area contributed by atoms with Crippen LogP contribution in [0.25, 0.3) is 11.0 Å². The summed E-state index contributed by atoms with van der Waals surface area (Å²) >= 11 is 5.98. The summed E-state index contributed by atoms with van der Waals surface area (Å²) in [5, 5.41) is 5.32. The maximum Gasteiger partial charge on any atom is 0.307 e. The van der Waals surface area contributed by atoms with Crippen LogP contribution in [0, 0.1) is 5.82 Å². The standard InChI is InChI=1S/C27H22ClFN2O4/c1-3-4-19-11-18(12-24(33-2)26(19)34-16-17-5-8-22(29)9-6-17)15-30-31-27(32)25-14-20-13-21(28)7-10-23(20)35-25/h3,5-15H,1,4,16H2,2H3,(H,31,32)/b30-15+. The average molecular weight is 493 g/mol. The van der Waals surface area contributed by atoms with Crippen molar-refractivity contribution in [2.45, 2.75) is 13.0 Å². The molecule has 3 aromatic carbocycles. The molecule has 0 bridgehead atoms. The van der Waals surface area contributed by atoms with E-state index in [4.69, 9.17) is 25.5 Å². The summed E-state index contributed by atoms with van der Waals surface area (Å²) in [7, 11) is 1.54. The Morgan fingerprint density at radius 2 is 1.97 bits per heavy atom. The molecule has 4 aromatic rings. The first-order valence-electron chi connectivity index (χ1n) is 10.7. The molecule has 1 heterocycles. The van der Waals surface area contributed by atoms with Crippen LogP contribution in [-0.2, 0) is 13.0 Å². The summed E-state index contributed by atoms with van der Waals surface area (Å²) < 4.78 is 30.2. The fraction of sp³-hybridized carbons (Fsp3) is 0.111. The van der Waals surface area contributed by atoms with Crippen LogP contribution in [0.1, 0.15) is 27.2 Å². The van der Waals surface area contributed by atoms with Gasteiger partial charge in [-0.3, -0.25) is 4.79 Å². The first kappa shape index (κ1) is 24.0. The van der Waals surface area contributed by atoms with Gasteiger partial charge in [0.05, 0.1) is 13.3 Å². The van der Waals surface area contributed by atoms with E-state index in [0.29, 0.717) is 34.1 Å². The summed E-state index contributed by atoms with van der Waals surface area (Å²) in [6.07, 6.45) is 3.76. The molecule has 0 spiro atoms. The first-order chi connectivity index (χ1) is 17.0. The third kappa shape index (κ3) is 5.88. The third-order valence-corrected chi connectivity index (χ3v) is 5.35. The second-order valence-electron chi connectivity index (χ2n) is 7.61. The molecule has 0 radical (unpaired) electrons. The second-order valence-corrected chi connectivity index (χ2v) is 8.05. The SMILES string of the molecule is C=CCc1cc(/C=N/NC(=O)c2cc3cc(Cl)ccc3o2)cc(OC)c1OCc1ccc(F)cc1. The van der Waals surface area contributed by atoms with Gasteiger partial charge in [0.25, 0.3) is 0 Å². The molecule has 1 amide bonds. The van der Waals surface area contributed by atoms with E-state index in [1.54, 1.807) is 48.5 Å². The molecule has 0 fully saturated rings. The van der Waals surface area contributed by atoms with Crippen molar-refractivity contribution in [1.82, 2.24) is 5.43 Å². The van der Waals surface area contributed by atoms with Crippen LogP contribution in [0.2, 0.25) is 5.02 Å². The Morgan fingerprint density at radius 1 is 1.17 bits per heavy atom. The monoisotopic (exact) mass is 492 g/mol. The number of nitrogens with one attached hydrogen (secondary N) is 1. The summed E-state index contributed by atoms with van der Waals surface area (Å²) in [5.74, 6) is 0.367. The van der Waals surface area contributed by atoms with E-state index in [0.717, 1.165) is 16.5 Å². The van der Waals surface area contributed by atoms with E-state index in [1.807, 2.05) is 6.07 Å². The van der Waals surface area contributed by atoms with Crippen molar-refractivity contribution in [3.8, 4) is 11.5 Å². The molecular weight excluding hydrogens is 471 g/mol. The maximum atomic E-state index is 13.2. The van der Waals surface area contributed by atoms with E-state index in [-0.39, 0.29) is 18.2 Å². The number of carbonyl (C=O) groups is 1. The molecule has 0 aliphatic carbocycles. The van der Waals surface area contributed by atoms with Gasteiger partial charge in [0.1, 0.15) is 18.0 Å². The molecule has 8 heteroatoms. The Balaban J connectivity index is 1.50. The number of rotatable bonds is 9. The van der Waals surface area contributed by atoms with Crippen LogP contribution in [-0.4, -0.2) is 19.2 Å². The van der Waals surface area contributed by atoms with Crippen LogP contribution >= 0.6 is 11.6 Å². The van der Waals surface area contributed by atoms with Gasteiger partial charge in [-0.15, -0.1) is 6.58 Å². The Hall–Kier alpha value is -4.10. The molecular formula is C27H22ClFN2O4. The van der Waals surface area contributed by atoms with E-state index >= 15 is 0 Å². The van der Waals surface area contributed by atoms with Crippen LogP contribution in [0.3, 0.4) is 0 Å². The van der Waals surface area contributed by atoms with Gasteiger partial charge in [0.2, 0.25) is 0 Å². The fourth-order valence-electron chi connectivity index (χ4n) is 3.46. The van der Waals surface area contributed by atoms with E-state index < -0.39 is 5.91 Å². The number of allylic oxidation sites excluding steroid dienone is 1. The molecule has 35 heavy (non-hydrogen) atoms. The molecule has 4 rings (SSSR count). The Labute approximate surface area is 206 Å². The largest absolute Gasteiger partial charge is 0.493 e. The fourth-order valence-corrected chi connectivity index (χ4v) is 3.64. The summed E-state index contributed by atoms with van der Waals surface area (Å²) in [4.78, 5) is 12.4. The molecule has 1 aromatic heterocycles. The molecule has 0 unspecified atom stereocenters. The number of furan rings is 1.